The van der Waals surface area contributed by atoms with Crippen molar-refractivity contribution in [1.29, 1.82) is 0 Å². The number of aromatic nitrogens is 2. The molecular formula is C13H20ClN3. The first kappa shape index (κ1) is 12.6. The van der Waals surface area contributed by atoms with Gasteiger partial charge in [-0.25, -0.2) is 9.97 Å². The van der Waals surface area contributed by atoms with Gasteiger partial charge >= 0.3 is 0 Å². The quantitative estimate of drug-likeness (QED) is 0.836. The third-order valence-electron chi connectivity index (χ3n) is 3.15. The predicted octanol–water partition coefficient (Wildman–Crippen LogP) is 3.64. The minimum atomic E-state index is -0.0744. The Bertz CT molecular complexity index is 412. The SMILES string of the molecule is CCC1CC1Nc1cc(Cl)nc(C(C)(C)C)n1. The van der Waals surface area contributed by atoms with E-state index in [4.69, 9.17) is 11.6 Å². The summed E-state index contributed by atoms with van der Waals surface area (Å²) >= 11 is 6.04. The summed E-state index contributed by atoms with van der Waals surface area (Å²) in [5.74, 6) is 2.44. The standard InChI is InChI=1S/C13H20ClN3/c1-5-8-6-9(8)15-11-7-10(14)16-12(17-11)13(2,3)4/h7-9H,5-6H2,1-4H3,(H,15,16,17). The molecule has 2 atom stereocenters. The Kier molecular flexibility index (Phi) is 3.30. The van der Waals surface area contributed by atoms with Crippen LogP contribution in [0.2, 0.25) is 5.15 Å². The lowest BCUT2D eigenvalue weighted by atomic mass is 9.96. The van der Waals surface area contributed by atoms with Gasteiger partial charge < -0.3 is 5.32 Å². The van der Waals surface area contributed by atoms with Gasteiger partial charge in [-0.15, -0.1) is 0 Å². The Labute approximate surface area is 108 Å². The molecule has 1 heterocycles. The number of hydrogen-bond donors (Lipinski definition) is 1. The molecule has 0 amide bonds. The van der Waals surface area contributed by atoms with Crippen molar-refractivity contribution in [2.45, 2.75) is 52.0 Å². The van der Waals surface area contributed by atoms with Crippen LogP contribution in [0.4, 0.5) is 5.82 Å². The highest BCUT2D eigenvalue weighted by molar-refractivity contribution is 6.29. The summed E-state index contributed by atoms with van der Waals surface area (Å²) in [6, 6.07) is 2.38. The van der Waals surface area contributed by atoms with Crippen LogP contribution in [0.3, 0.4) is 0 Å². The van der Waals surface area contributed by atoms with E-state index in [1.54, 1.807) is 0 Å². The van der Waals surface area contributed by atoms with Crippen LogP contribution in [0.15, 0.2) is 6.07 Å². The summed E-state index contributed by atoms with van der Waals surface area (Å²) < 4.78 is 0. The Morgan fingerprint density at radius 3 is 2.65 bits per heavy atom. The first-order valence-corrected chi connectivity index (χ1v) is 6.59. The first-order valence-electron chi connectivity index (χ1n) is 6.21. The highest BCUT2D eigenvalue weighted by atomic mass is 35.5. The molecule has 1 aliphatic carbocycles. The second-order valence-corrected chi connectivity index (χ2v) is 6.19. The van der Waals surface area contributed by atoms with Crippen LogP contribution >= 0.6 is 11.6 Å². The van der Waals surface area contributed by atoms with Crippen LogP contribution in [0, 0.1) is 5.92 Å². The zero-order valence-electron chi connectivity index (χ0n) is 10.9. The molecule has 0 radical (unpaired) electrons. The molecule has 0 spiro atoms. The van der Waals surface area contributed by atoms with Gasteiger partial charge in [-0.1, -0.05) is 45.7 Å². The van der Waals surface area contributed by atoms with Crippen LogP contribution in [-0.4, -0.2) is 16.0 Å². The van der Waals surface area contributed by atoms with E-state index in [2.05, 4.69) is 43.0 Å². The van der Waals surface area contributed by atoms with Crippen molar-refractivity contribution >= 4 is 17.4 Å². The zero-order chi connectivity index (χ0) is 12.6. The third-order valence-corrected chi connectivity index (χ3v) is 3.34. The molecule has 4 heteroatoms. The summed E-state index contributed by atoms with van der Waals surface area (Å²) in [6.45, 7) is 8.50. The average molecular weight is 254 g/mol. The fraction of sp³-hybridized carbons (Fsp3) is 0.692. The van der Waals surface area contributed by atoms with Gasteiger partial charge in [-0.05, 0) is 12.3 Å². The molecule has 2 unspecified atom stereocenters. The number of rotatable bonds is 3. The molecule has 3 nitrogen and oxygen atoms in total. The Hall–Kier alpha value is -0.830. The molecule has 1 aliphatic rings. The van der Waals surface area contributed by atoms with Crippen LogP contribution < -0.4 is 5.32 Å². The molecular weight excluding hydrogens is 234 g/mol. The molecule has 2 rings (SSSR count). The van der Waals surface area contributed by atoms with Gasteiger partial charge in [-0.3, -0.25) is 0 Å². The molecule has 17 heavy (non-hydrogen) atoms. The lowest BCUT2D eigenvalue weighted by Gasteiger charge is -2.17. The molecule has 0 bridgehead atoms. The molecule has 0 saturated heterocycles. The summed E-state index contributed by atoms with van der Waals surface area (Å²) in [4.78, 5) is 8.83. The molecule has 1 aromatic rings. The maximum Gasteiger partial charge on any atom is 0.137 e. The van der Waals surface area contributed by atoms with E-state index in [0.29, 0.717) is 11.2 Å². The van der Waals surface area contributed by atoms with Crippen molar-refractivity contribution in [3.05, 3.63) is 17.0 Å². The van der Waals surface area contributed by atoms with E-state index in [9.17, 15) is 0 Å². The molecule has 1 N–H and O–H groups in total. The largest absolute Gasteiger partial charge is 0.367 e. The Morgan fingerprint density at radius 2 is 2.12 bits per heavy atom. The lowest BCUT2D eigenvalue weighted by Crippen LogP contribution is -2.18. The maximum atomic E-state index is 6.04. The monoisotopic (exact) mass is 253 g/mol. The smallest absolute Gasteiger partial charge is 0.137 e. The molecule has 1 saturated carbocycles. The van der Waals surface area contributed by atoms with E-state index in [0.717, 1.165) is 17.6 Å². The fourth-order valence-corrected chi connectivity index (χ4v) is 2.08. The summed E-state index contributed by atoms with van der Waals surface area (Å²) in [6.07, 6.45) is 2.46. The van der Waals surface area contributed by atoms with Gasteiger partial charge in [0.15, 0.2) is 0 Å². The molecule has 0 aliphatic heterocycles. The third kappa shape index (κ3) is 3.09. The van der Waals surface area contributed by atoms with Crippen molar-refractivity contribution in [3.63, 3.8) is 0 Å². The molecule has 94 valence electrons. The number of hydrogen-bond acceptors (Lipinski definition) is 3. The van der Waals surface area contributed by atoms with Gasteiger partial charge in [0.2, 0.25) is 0 Å². The topological polar surface area (TPSA) is 37.8 Å². The normalized spacial score (nSPS) is 23.6. The van der Waals surface area contributed by atoms with Crippen molar-refractivity contribution < 1.29 is 0 Å². The van der Waals surface area contributed by atoms with Crippen molar-refractivity contribution in [2.75, 3.05) is 5.32 Å². The summed E-state index contributed by atoms with van der Waals surface area (Å²) in [7, 11) is 0. The van der Waals surface area contributed by atoms with Gasteiger partial charge in [-0.2, -0.15) is 0 Å². The fourth-order valence-electron chi connectivity index (χ4n) is 1.89. The van der Waals surface area contributed by atoms with E-state index in [1.807, 2.05) is 6.07 Å². The van der Waals surface area contributed by atoms with Crippen LogP contribution in [-0.2, 0) is 5.41 Å². The molecule has 1 aromatic heterocycles. The maximum absolute atomic E-state index is 6.04. The minimum Gasteiger partial charge on any atom is -0.367 e. The second-order valence-electron chi connectivity index (χ2n) is 5.80. The number of halogens is 1. The number of anilines is 1. The highest BCUT2D eigenvalue weighted by Gasteiger charge is 2.35. The van der Waals surface area contributed by atoms with Crippen molar-refractivity contribution in [3.8, 4) is 0 Å². The van der Waals surface area contributed by atoms with Crippen LogP contribution in [0.25, 0.3) is 0 Å². The lowest BCUT2D eigenvalue weighted by molar-refractivity contribution is 0.545. The molecule has 0 aromatic carbocycles. The first-order chi connectivity index (χ1) is 7.90. The summed E-state index contributed by atoms with van der Waals surface area (Å²) in [5, 5.41) is 3.95. The van der Waals surface area contributed by atoms with Crippen LogP contribution in [0.5, 0.6) is 0 Å². The number of nitrogens with one attached hydrogen (secondary N) is 1. The van der Waals surface area contributed by atoms with E-state index in [-0.39, 0.29) is 5.41 Å². The molecule has 1 fully saturated rings. The van der Waals surface area contributed by atoms with E-state index in [1.165, 1.54) is 12.8 Å². The average Bonchev–Trinajstić information content (AvgIpc) is 2.94. The second kappa shape index (κ2) is 4.45. The van der Waals surface area contributed by atoms with Crippen LogP contribution in [0.1, 0.15) is 46.4 Å². The Morgan fingerprint density at radius 1 is 1.41 bits per heavy atom. The predicted molar refractivity (Wildman–Crippen MR) is 71.6 cm³/mol. The summed E-state index contributed by atoms with van der Waals surface area (Å²) in [5.41, 5.74) is -0.0744. The van der Waals surface area contributed by atoms with Gasteiger partial charge in [0.05, 0.1) is 0 Å². The number of nitrogens with zero attached hydrogens (tertiary/aromatic N) is 2. The van der Waals surface area contributed by atoms with E-state index < -0.39 is 0 Å². The van der Waals surface area contributed by atoms with Gasteiger partial charge in [0.25, 0.3) is 0 Å². The van der Waals surface area contributed by atoms with E-state index >= 15 is 0 Å². The zero-order valence-corrected chi connectivity index (χ0v) is 11.7. The van der Waals surface area contributed by atoms with Crippen molar-refractivity contribution in [1.82, 2.24) is 9.97 Å². The minimum absolute atomic E-state index is 0.0744. The van der Waals surface area contributed by atoms with Gasteiger partial charge in [0.1, 0.15) is 16.8 Å². The van der Waals surface area contributed by atoms with Crippen molar-refractivity contribution in [2.24, 2.45) is 5.92 Å². The highest BCUT2D eigenvalue weighted by Crippen LogP contribution is 2.36. The Balaban J connectivity index is 2.15. The van der Waals surface area contributed by atoms with Gasteiger partial charge in [0, 0.05) is 17.5 Å².